The Labute approximate surface area is 115 Å². The molecular weight excluding hydrogens is 260 g/mol. The van der Waals surface area contributed by atoms with Crippen molar-refractivity contribution in [1.29, 1.82) is 0 Å². The summed E-state index contributed by atoms with van der Waals surface area (Å²) in [5.41, 5.74) is 0.991. The first-order valence-corrected chi connectivity index (χ1v) is 6.36. The summed E-state index contributed by atoms with van der Waals surface area (Å²) in [5.74, 6) is -1.60. The SMILES string of the molecule is CCC(C)C(NC(=O)c1ccc2nncn2c1)C(=O)O. The zero-order valence-corrected chi connectivity index (χ0v) is 11.3. The average molecular weight is 276 g/mol. The lowest BCUT2D eigenvalue weighted by Crippen LogP contribution is -2.45. The Morgan fingerprint density at radius 1 is 1.45 bits per heavy atom. The molecule has 2 N–H and O–H groups in total. The van der Waals surface area contributed by atoms with E-state index in [4.69, 9.17) is 5.11 Å². The van der Waals surface area contributed by atoms with Gasteiger partial charge in [0.1, 0.15) is 12.4 Å². The molecule has 2 rings (SSSR count). The van der Waals surface area contributed by atoms with Crippen molar-refractivity contribution in [2.24, 2.45) is 5.92 Å². The van der Waals surface area contributed by atoms with Crippen molar-refractivity contribution in [1.82, 2.24) is 19.9 Å². The lowest BCUT2D eigenvalue weighted by Gasteiger charge is -2.20. The lowest BCUT2D eigenvalue weighted by atomic mass is 9.99. The third kappa shape index (κ3) is 2.76. The Balaban J connectivity index is 2.19. The van der Waals surface area contributed by atoms with Gasteiger partial charge in [-0.25, -0.2) is 4.79 Å². The molecule has 0 radical (unpaired) electrons. The number of nitrogens with zero attached hydrogens (tertiary/aromatic N) is 3. The van der Waals surface area contributed by atoms with Gasteiger partial charge in [0.15, 0.2) is 5.65 Å². The Kier molecular flexibility index (Phi) is 3.97. The Hall–Kier alpha value is -2.44. The standard InChI is InChI=1S/C13H16N4O3/c1-3-8(2)11(13(19)20)15-12(18)9-4-5-10-16-14-7-17(10)6-9/h4-8,11H,3H2,1-2H3,(H,15,18)(H,19,20). The van der Waals surface area contributed by atoms with Gasteiger partial charge in [0.05, 0.1) is 5.56 Å². The van der Waals surface area contributed by atoms with Crippen LogP contribution in [0.3, 0.4) is 0 Å². The van der Waals surface area contributed by atoms with Gasteiger partial charge in [-0.3, -0.25) is 9.20 Å². The largest absolute Gasteiger partial charge is 0.480 e. The first-order valence-electron chi connectivity index (χ1n) is 6.36. The van der Waals surface area contributed by atoms with E-state index in [0.717, 1.165) is 0 Å². The first-order chi connectivity index (χ1) is 9.52. The molecule has 2 aromatic heterocycles. The second kappa shape index (κ2) is 5.68. The molecular formula is C13H16N4O3. The quantitative estimate of drug-likeness (QED) is 0.847. The summed E-state index contributed by atoms with van der Waals surface area (Å²) in [4.78, 5) is 23.3. The molecule has 0 saturated heterocycles. The fraction of sp³-hybridized carbons (Fsp3) is 0.385. The first kappa shape index (κ1) is 14.0. The highest BCUT2D eigenvalue weighted by Crippen LogP contribution is 2.10. The van der Waals surface area contributed by atoms with Gasteiger partial charge >= 0.3 is 5.97 Å². The monoisotopic (exact) mass is 276 g/mol. The van der Waals surface area contributed by atoms with Crippen molar-refractivity contribution in [3.8, 4) is 0 Å². The maximum absolute atomic E-state index is 12.1. The normalized spacial score (nSPS) is 13.9. The van der Waals surface area contributed by atoms with Gasteiger partial charge < -0.3 is 10.4 Å². The number of pyridine rings is 1. The third-order valence-corrected chi connectivity index (χ3v) is 3.32. The van der Waals surface area contributed by atoms with Gasteiger partial charge in [0.25, 0.3) is 5.91 Å². The zero-order valence-electron chi connectivity index (χ0n) is 11.3. The Bertz CT molecular complexity index is 637. The number of nitrogens with one attached hydrogen (secondary N) is 1. The second-order valence-corrected chi connectivity index (χ2v) is 4.69. The van der Waals surface area contributed by atoms with Crippen LogP contribution in [0, 0.1) is 5.92 Å². The van der Waals surface area contributed by atoms with E-state index in [9.17, 15) is 9.59 Å². The van der Waals surface area contributed by atoms with Crippen molar-refractivity contribution >= 4 is 17.5 Å². The molecule has 2 unspecified atom stereocenters. The number of hydrogen-bond donors (Lipinski definition) is 2. The predicted octanol–water partition coefficient (Wildman–Crippen LogP) is 0.958. The topological polar surface area (TPSA) is 96.6 Å². The van der Waals surface area contributed by atoms with E-state index < -0.39 is 17.9 Å². The molecule has 2 aromatic rings. The Morgan fingerprint density at radius 3 is 2.85 bits per heavy atom. The van der Waals surface area contributed by atoms with Crippen molar-refractivity contribution < 1.29 is 14.7 Å². The van der Waals surface area contributed by atoms with Crippen LogP contribution in [0.1, 0.15) is 30.6 Å². The molecule has 7 heteroatoms. The number of carboxylic acids is 1. The van der Waals surface area contributed by atoms with Crippen molar-refractivity contribution in [2.75, 3.05) is 0 Å². The number of hydrogen-bond acceptors (Lipinski definition) is 4. The summed E-state index contributed by atoms with van der Waals surface area (Å²) in [6, 6.07) is 2.35. The number of fused-ring (bicyclic) bond motifs is 1. The molecule has 0 bridgehead atoms. The van der Waals surface area contributed by atoms with Gasteiger partial charge in [-0.2, -0.15) is 0 Å². The highest BCUT2D eigenvalue weighted by molar-refractivity contribution is 5.96. The molecule has 0 aliphatic carbocycles. The van der Waals surface area contributed by atoms with E-state index >= 15 is 0 Å². The minimum absolute atomic E-state index is 0.143. The Morgan fingerprint density at radius 2 is 2.20 bits per heavy atom. The predicted molar refractivity (Wildman–Crippen MR) is 71.3 cm³/mol. The average Bonchev–Trinajstić information content (AvgIpc) is 2.90. The van der Waals surface area contributed by atoms with Crippen molar-refractivity contribution in [3.05, 3.63) is 30.2 Å². The molecule has 2 heterocycles. The lowest BCUT2D eigenvalue weighted by molar-refractivity contribution is -0.140. The van der Waals surface area contributed by atoms with E-state index in [1.54, 1.807) is 29.7 Å². The van der Waals surface area contributed by atoms with E-state index in [2.05, 4.69) is 15.5 Å². The molecule has 0 aliphatic rings. The number of carbonyl (C=O) groups excluding carboxylic acids is 1. The van der Waals surface area contributed by atoms with Crippen LogP contribution in [0.4, 0.5) is 0 Å². The van der Waals surface area contributed by atoms with Crippen LogP contribution >= 0.6 is 0 Å². The van der Waals surface area contributed by atoms with E-state index in [0.29, 0.717) is 17.6 Å². The second-order valence-electron chi connectivity index (χ2n) is 4.69. The molecule has 1 amide bonds. The minimum atomic E-state index is -1.03. The number of aliphatic carboxylic acids is 1. The van der Waals surface area contributed by atoms with Crippen LogP contribution < -0.4 is 5.32 Å². The zero-order chi connectivity index (χ0) is 14.7. The summed E-state index contributed by atoms with van der Waals surface area (Å²) in [6.45, 7) is 3.68. The molecule has 0 saturated carbocycles. The number of carboxylic acid groups (broad SMARTS) is 1. The van der Waals surface area contributed by atoms with Gasteiger partial charge in [-0.15, -0.1) is 10.2 Å². The van der Waals surface area contributed by atoms with E-state index in [1.165, 1.54) is 6.33 Å². The van der Waals surface area contributed by atoms with Crippen molar-refractivity contribution in [2.45, 2.75) is 26.3 Å². The summed E-state index contributed by atoms with van der Waals surface area (Å²) < 4.78 is 1.61. The van der Waals surface area contributed by atoms with E-state index in [-0.39, 0.29) is 5.92 Å². The highest BCUT2D eigenvalue weighted by Gasteiger charge is 2.25. The molecule has 7 nitrogen and oxygen atoms in total. The summed E-state index contributed by atoms with van der Waals surface area (Å²) >= 11 is 0. The summed E-state index contributed by atoms with van der Waals surface area (Å²) in [7, 11) is 0. The van der Waals surface area contributed by atoms with Crippen LogP contribution in [0.5, 0.6) is 0 Å². The number of rotatable bonds is 5. The molecule has 106 valence electrons. The van der Waals surface area contributed by atoms with Gasteiger partial charge in [0.2, 0.25) is 0 Å². The van der Waals surface area contributed by atoms with Crippen LogP contribution in [0.2, 0.25) is 0 Å². The molecule has 0 aliphatic heterocycles. The van der Waals surface area contributed by atoms with Crippen LogP contribution in [-0.4, -0.2) is 37.6 Å². The van der Waals surface area contributed by atoms with Crippen molar-refractivity contribution in [3.63, 3.8) is 0 Å². The van der Waals surface area contributed by atoms with Gasteiger partial charge in [0, 0.05) is 6.20 Å². The van der Waals surface area contributed by atoms with Gasteiger partial charge in [-0.05, 0) is 18.1 Å². The number of aromatic nitrogens is 3. The number of carbonyl (C=O) groups is 2. The maximum atomic E-state index is 12.1. The summed E-state index contributed by atoms with van der Waals surface area (Å²) in [5, 5.41) is 19.3. The summed E-state index contributed by atoms with van der Waals surface area (Å²) in [6.07, 6.45) is 3.72. The maximum Gasteiger partial charge on any atom is 0.326 e. The van der Waals surface area contributed by atoms with Gasteiger partial charge in [-0.1, -0.05) is 20.3 Å². The fourth-order valence-electron chi connectivity index (χ4n) is 1.87. The smallest absolute Gasteiger partial charge is 0.326 e. The molecule has 0 spiro atoms. The van der Waals surface area contributed by atoms with Crippen LogP contribution in [0.15, 0.2) is 24.7 Å². The molecule has 0 aromatic carbocycles. The third-order valence-electron chi connectivity index (χ3n) is 3.32. The number of amides is 1. The highest BCUT2D eigenvalue weighted by atomic mass is 16.4. The van der Waals surface area contributed by atoms with Crippen LogP contribution in [-0.2, 0) is 4.79 Å². The molecule has 20 heavy (non-hydrogen) atoms. The molecule has 2 atom stereocenters. The van der Waals surface area contributed by atoms with Crippen LogP contribution in [0.25, 0.3) is 5.65 Å². The molecule has 0 fully saturated rings. The minimum Gasteiger partial charge on any atom is -0.480 e. The fourth-order valence-corrected chi connectivity index (χ4v) is 1.87. The van der Waals surface area contributed by atoms with E-state index in [1.807, 2.05) is 6.92 Å².